The quantitative estimate of drug-likeness (QED) is 0.836. The Labute approximate surface area is 96.6 Å². The van der Waals surface area contributed by atoms with Gasteiger partial charge in [0.25, 0.3) is 0 Å². The molecule has 1 aliphatic rings. The number of rotatable bonds is 2. The van der Waals surface area contributed by atoms with E-state index in [1.54, 1.807) is 0 Å². The van der Waals surface area contributed by atoms with E-state index < -0.39 is 0 Å². The van der Waals surface area contributed by atoms with E-state index in [2.05, 4.69) is 30.9 Å². The summed E-state index contributed by atoms with van der Waals surface area (Å²) in [5.41, 5.74) is 6.08. The van der Waals surface area contributed by atoms with Crippen LogP contribution in [-0.4, -0.2) is 10.1 Å². The zero-order valence-electron chi connectivity index (χ0n) is 10.4. The SMILES string of the molecule is CC(C)(C)c1nc(C(N)C2CCCC2)no1. The third-order valence-corrected chi connectivity index (χ3v) is 3.29. The van der Waals surface area contributed by atoms with Crippen molar-refractivity contribution in [3.8, 4) is 0 Å². The first kappa shape index (κ1) is 11.6. The Hall–Kier alpha value is -0.900. The molecule has 0 aliphatic heterocycles. The van der Waals surface area contributed by atoms with Gasteiger partial charge in [-0.15, -0.1) is 0 Å². The van der Waals surface area contributed by atoms with Crippen molar-refractivity contribution in [3.05, 3.63) is 11.7 Å². The number of nitrogens with zero attached hydrogens (tertiary/aromatic N) is 2. The first-order valence-corrected chi connectivity index (χ1v) is 6.08. The number of hydrogen-bond acceptors (Lipinski definition) is 4. The molecule has 90 valence electrons. The molecule has 0 bridgehead atoms. The Bertz CT molecular complexity index is 347. The van der Waals surface area contributed by atoms with Gasteiger partial charge in [-0.05, 0) is 18.8 Å². The molecule has 1 heterocycles. The average molecular weight is 223 g/mol. The third-order valence-electron chi connectivity index (χ3n) is 3.29. The molecule has 0 spiro atoms. The molecular weight excluding hydrogens is 202 g/mol. The summed E-state index contributed by atoms with van der Waals surface area (Å²) in [6.45, 7) is 6.18. The molecule has 4 nitrogen and oxygen atoms in total. The molecular formula is C12H21N3O. The lowest BCUT2D eigenvalue weighted by Crippen LogP contribution is -2.21. The zero-order chi connectivity index (χ0) is 11.8. The van der Waals surface area contributed by atoms with Gasteiger partial charge in [-0.2, -0.15) is 4.98 Å². The van der Waals surface area contributed by atoms with Crippen molar-refractivity contribution in [1.82, 2.24) is 10.1 Å². The van der Waals surface area contributed by atoms with Crippen LogP contribution in [0, 0.1) is 5.92 Å². The van der Waals surface area contributed by atoms with E-state index in [1.807, 2.05) is 0 Å². The Morgan fingerprint density at radius 2 is 1.94 bits per heavy atom. The predicted molar refractivity (Wildman–Crippen MR) is 61.9 cm³/mol. The second-order valence-corrected chi connectivity index (χ2v) is 5.78. The Morgan fingerprint density at radius 1 is 1.31 bits per heavy atom. The molecule has 16 heavy (non-hydrogen) atoms. The van der Waals surface area contributed by atoms with Crippen LogP contribution in [0.3, 0.4) is 0 Å². The van der Waals surface area contributed by atoms with Gasteiger partial charge in [-0.25, -0.2) is 0 Å². The van der Waals surface area contributed by atoms with Crippen LogP contribution < -0.4 is 5.73 Å². The summed E-state index contributed by atoms with van der Waals surface area (Å²) in [6, 6.07) is -0.0534. The second kappa shape index (κ2) is 4.17. The molecule has 1 atom stereocenters. The van der Waals surface area contributed by atoms with Gasteiger partial charge in [0.05, 0.1) is 6.04 Å². The minimum absolute atomic E-state index is 0.0534. The average Bonchev–Trinajstić information content (AvgIpc) is 2.87. The lowest BCUT2D eigenvalue weighted by Gasteiger charge is -2.14. The van der Waals surface area contributed by atoms with Gasteiger partial charge in [0.1, 0.15) is 0 Å². The number of aromatic nitrogens is 2. The van der Waals surface area contributed by atoms with Crippen LogP contribution in [0.2, 0.25) is 0 Å². The minimum atomic E-state index is -0.0966. The fraction of sp³-hybridized carbons (Fsp3) is 0.833. The van der Waals surface area contributed by atoms with E-state index in [9.17, 15) is 0 Å². The van der Waals surface area contributed by atoms with Crippen molar-refractivity contribution in [2.45, 2.75) is 57.9 Å². The molecule has 2 rings (SSSR count). The molecule has 1 fully saturated rings. The van der Waals surface area contributed by atoms with E-state index in [1.165, 1.54) is 25.7 Å². The maximum absolute atomic E-state index is 6.17. The van der Waals surface area contributed by atoms with Crippen LogP contribution in [0.4, 0.5) is 0 Å². The van der Waals surface area contributed by atoms with Crippen LogP contribution in [0.15, 0.2) is 4.52 Å². The summed E-state index contributed by atoms with van der Waals surface area (Å²) in [4.78, 5) is 4.42. The van der Waals surface area contributed by atoms with E-state index in [0.29, 0.717) is 17.6 Å². The molecule has 0 saturated heterocycles. The zero-order valence-corrected chi connectivity index (χ0v) is 10.4. The van der Waals surface area contributed by atoms with Crippen molar-refractivity contribution in [2.24, 2.45) is 11.7 Å². The van der Waals surface area contributed by atoms with Gasteiger partial charge in [-0.1, -0.05) is 38.8 Å². The fourth-order valence-corrected chi connectivity index (χ4v) is 2.20. The van der Waals surface area contributed by atoms with Crippen LogP contribution >= 0.6 is 0 Å². The Morgan fingerprint density at radius 3 is 2.44 bits per heavy atom. The van der Waals surface area contributed by atoms with Crippen molar-refractivity contribution < 1.29 is 4.52 Å². The predicted octanol–water partition coefficient (Wildman–Crippen LogP) is 2.56. The monoisotopic (exact) mass is 223 g/mol. The van der Waals surface area contributed by atoms with E-state index >= 15 is 0 Å². The Balaban J connectivity index is 2.12. The first-order chi connectivity index (χ1) is 7.48. The maximum atomic E-state index is 6.17. The number of hydrogen-bond donors (Lipinski definition) is 1. The summed E-state index contributed by atoms with van der Waals surface area (Å²) < 4.78 is 5.27. The fourth-order valence-electron chi connectivity index (χ4n) is 2.20. The molecule has 1 aromatic rings. The van der Waals surface area contributed by atoms with E-state index in [4.69, 9.17) is 10.3 Å². The number of nitrogens with two attached hydrogens (primary N) is 1. The molecule has 0 aromatic carbocycles. The molecule has 1 unspecified atom stereocenters. The van der Waals surface area contributed by atoms with Gasteiger partial charge in [0, 0.05) is 5.41 Å². The van der Waals surface area contributed by atoms with Gasteiger partial charge in [-0.3, -0.25) is 0 Å². The topological polar surface area (TPSA) is 64.9 Å². The van der Waals surface area contributed by atoms with Crippen LogP contribution in [0.25, 0.3) is 0 Å². The molecule has 1 saturated carbocycles. The largest absolute Gasteiger partial charge is 0.339 e. The first-order valence-electron chi connectivity index (χ1n) is 6.08. The van der Waals surface area contributed by atoms with Gasteiger partial charge < -0.3 is 10.3 Å². The Kier molecular flexibility index (Phi) is 3.02. The molecule has 1 aliphatic carbocycles. The van der Waals surface area contributed by atoms with Gasteiger partial charge in [0.15, 0.2) is 5.82 Å². The smallest absolute Gasteiger partial charge is 0.232 e. The summed E-state index contributed by atoms with van der Waals surface area (Å²) in [7, 11) is 0. The molecule has 0 amide bonds. The lowest BCUT2D eigenvalue weighted by molar-refractivity contribution is 0.313. The standard InChI is InChI=1S/C12H21N3O/c1-12(2,3)11-14-10(15-16-11)9(13)8-6-4-5-7-8/h8-9H,4-7,13H2,1-3H3. The summed E-state index contributed by atoms with van der Waals surface area (Å²) >= 11 is 0. The van der Waals surface area contributed by atoms with Crippen LogP contribution in [0.1, 0.15) is 64.2 Å². The summed E-state index contributed by atoms with van der Waals surface area (Å²) in [5, 5.41) is 4.02. The second-order valence-electron chi connectivity index (χ2n) is 5.78. The van der Waals surface area contributed by atoms with Crippen molar-refractivity contribution in [2.75, 3.05) is 0 Å². The van der Waals surface area contributed by atoms with Crippen LogP contribution in [-0.2, 0) is 5.41 Å². The molecule has 1 aromatic heterocycles. The van der Waals surface area contributed by atoms with Crippen LogP contribution in [0.5, 0.6) is 0 Å². The highest BCUT2D eigenvalue weighted by Crippen LogP contribution is 2.33. The molecule has 4 heteroatoms. The third kappa shape index (κ3) is 2.26. The normalized spacial score (nSPS) is 20.2. The molecule has 0 radical (unpaired) electrons. The van der Waals surface area contributed by atoms with Gasteiger partial charge in [0.2, 0.25) is 5.89 Å². The summed E-state index contributed by atoms with van der Waals surface area (Å²) in [6.07, 6.45) is 4.95. The molecule has 2 N–H and O–H groups in total. The lowest BCUT2D eigenvalue weighted by atomic mass is 9.96. The minimum Gasteiger partial charge on any atom is -0.339 e. The highest BCUT2D eigenvalue weighted by atomic mass is 16.5. The highest BCUT2D eigenvalue weighted by molar-refractivity contribution is 5.02. The van der Waals surface area contributed by atoms with E-state index in [0.717, 1.165) is 0 Å². The van der Waals surface area contributed by atoms with Crippen molar-refractivity contribution in [1.29, 1.82) is 0 Å². The summed E-state index contributed by atoms with van der Waals surface area (Å²) in [5.74, 6) is 1.89. The van der Waals surface area contributed by atoms with Crippen molar-refractivity contribution >= 4 is 0 Å². The van der Waals surface area contributed by atoms with Crippen molar-refractivity contribution in [3.63, 3.8) is 0 Å². The van der Waals surface area contributed by atoms with E-state index in [-0.39, 0.29) is 11.5 Å². The highest BCUT2D eigenvalue weighted by Gasteiger charge is 2.29. The maximum Gasteiger partial charge on any atom is 0.232 e. The van der Waals surface area contributed by atoms with Gasteiger partial charge >= 0.3 is 0 Å².